The fourth-order valence-electron chi connectivity index (χ4n) is 4.51. The van der Waals surface area contributed by atoms with Crippen molar-refractivity contribution < 1.29 is 9.90 Å². The molecule has 3 heterocycles. The van der Waals surface area contributed by atoms with Gasteiger partial charge in [-0.15, -0.1) is 0 Å². The number of imidazole rings is 1. The van der Waals surface area contributed by atoms with E-state index in [1.54, 1.807) is 25.3 Å². The minimum atomic E-state index is -0.630. The molecule has 5 rings (SSSR count). The molecule has 0 spiro atoms. The van der Waals surface area contributed by atoms with E-state index < -0.39 is 11.6 Å². The largest absolute Gasteiger partial charge is 0.392 e. The van der Waals surface area contributed by atoms with Crippen molar-refractivity contribution >= 4 is 22.9 Å². The first kappa shape index (κ1) is 27.0. The zero-order valence-corrected chi connectivity index (χ0v) is 22.8. The van der Waals surface area contributed by atoms with E-state index in [-0.39, 0.29) is 12.5 Å². The second kappa shape index (κ2) is 10.9. The van der Waals surface area contributed by atoms with E-state index in [0.29, 0.717) is 39.6 Å². The zero-order valence-electron chi connectivity index (χ0n) is 22.8. The van der Waals surface area contributed by atoms with Crippen molar-refractivity contribution in [1.29, 1.82) is 0 Å². The molecule has 9 nitrogen and oxygen atoms in total. The van der Waals surface area contributed by atoms with Crippen LogP contribution in [0.4, 0.5) is 5.82 Å². The normalized spacial score (nSPS) is 13.6. The van der Waals surface area contributed by atoms with Crippen molar-refractivity contribution in [2.24, 2.45) is 5.73 Å². The molecule has 2 aromatic carbocycles. The number of anilines is 1. The highest BCUT2D eigenvalue weighted by molar-refractivity contribution is 5.95. The lowest BCUT2D eigenvalue weighted by molar-refractivity contribution is 0.0924. The minimum absolute atomic E-state index is 0.174. The van der Waals surface area contributed by atoms with E-state index in [4.69, 9.17) is 21.4 Å². The molecule has 0 fully saturated rings. The number of carbonyl (C=O) groups excluding carboxylic acids is 1. The summed E-state index contributed by atoms with van der Waals surface area (Å²) >= 11 is 0. The maximum Gasteiger partial charge on any atom is 0.251 e. The zero-order chi connectivity index (χ0) is 28.4. The molecule has 0 bridgehead atoms. The fraction of sp³-hybridized carbons (Fsp3) is 0.226. The van der Waals surface area contributed by atoms with E-state index in [2.05, 4.69) is 17.2 Å². The number of aliphatic hydroxyl groups is 1. The highest BCUT2D eigenvalue weighted by Gasteiger charge is 2.21. The van der Waals surface area contributed by atoms with Crippen LogP contribution in [0.3, 0.4) is 0 Å². The lowest BCUT2D eigenvalue weighted by atomic mass is 9.90. The first-order valence-electron chi connectivity index (χ1n) is 13.2. The number of nitrogens with one attached hydrogen (secondary N) is 1. The number of aromatic nitrogens is 4. The van der Waals surface area contributed by atoms with Gasteiger partial charge in [0.2, 0.25) is 0 Å². The molecule has 0 aliphatic carbocycles. The van der Waals surface area contributed by atoms with Crippen LogP contribution in [0.1, 0.15) is 43.1 Å². The summed E-state index contributed by atoms with van der Waals surface area (Å²) < 4.78 is 1.97. The van der Waals surface area contributed by atoms with Gasteiger partial charge in [0.15, 0.2) is 11.5 Å². The van der Waals surface area contributed by atoms with Gasteiger partial charge in [0.25, 0.3) is 5.91 Å². The topological polar surface area (TPSA) is 145 Å². The third-order valence-corrected chi connectivity index (χ3v) is 7.08. The molecule has 0 aliphatic heterocycles. The molecule has 9 heteroatoms. The van der Waals surface area contributed by atoms with Crippen molar-refractivity contribution in [3.8, 4) is 28.3 Å². The van der Waals surface area contributed by atoms with Gasteiger partial charge in [0.1, 0.15) is 11.3 Å². The van der Waals surface area contributed by atoms with Crippen molar-refractivity contribution in [1.82, 2.24) is 24.8 Å². The summed E-state index contributed by atoms with van der Waals surface area (Å²) in [6, 6.07) is 22.8. The van der Waals surface area contributed by atoms with Gasteiger partial charge >= 0.3 is 0 Å². The first-order valence-corrected chi connectivity index (χ1v) is 13.2. The molecule has 6 N–H and O–H groups in total. The minimum Gasteiger partial charge on any atom is -0.392 e. The van der Waals surface area contributed by atoms with Crippen molar-refractivity contribution in [3.05, 3.63) is 90.1 Å². The number of nitrogens with zero attached hydrogens (tertiary/aromatic N) is 4. The Balaban J connectivity index is 1.64. The quantitative estimate of drug-likeness (QED) is 0.230. The van der Waals surface area contributed by atoms with Crippen LogP contribution in [-0.2, 0) is 5.54 Å². The summed E-state index contributed by atoms with van der Waals surface area (Å²) in [4.78, 5) is 26.8. The smallest absolute Gasteiger partial charge is 0.251 e. The third-order valence-electron chi connectivity index (χ3n) is 7.08. The van der Waals surface area contributed by atoms with Crippen LogP contribution in [-0.4, -0.2) is 43.2 Å². The Labute approximate surface area is 232 Å². The fourth-order valence-corrected chi connectivity index (χ4v) is 4.51. The van der Waals surface area contributed by atoms with Gasteiger partial charge in [-0.25, -0.2) is 15.0 Å². The average Bonchev–Trinajstić information content (AvgIpc) is 3.34. The van der Waals surface area contributed by atoms with Crippen molar-refractivity contribution in [2.75, 3.05) is 12.3 Å². The molecule has 1 amide bonds. The van der Waals surface area contributed by atoms with Gasteiger partial charge in [-0.1, -0.05) is 31.2 Å². The number of pyridine rings is 2. The average molecular weight is 536 g/mol. The summed E-state index contributed by atoms with van der Waals surface area (Å²) in [6.07, 6.45) is 1.82. The Morgan fingerprint density at radius 1 is 1.07 bits per heavy atom. The van der Waals surface area contributed by atoms with Crippen LogP contribution in [0.5, 0.6) is 0 Å². The predicted octanol–water partition coefficient (Wildman–Crippen LogP) is 4.43. The lowest BCUT2D eigenvalue weighted by Crippen LogP contribution is -2.31. The number of carbonyl (C=O) groups is 1. The molecule has 2 atom stereocenters. The molecule has 0 saturated carbocycles. The van der Waals surface area contributed by atoms with E-state index in [1.165, 1.54) is 0 Å². The van der Waals surface area contributed by atoms with E-state index in [0.717, 1.165) is 23.2 Å². The second-order valence-electron chi connectivity index (χ2n) is 10.2. The molecule has 5 aromatic rings. The molecule has 204 valence electrons. The summed E-state index contributed by atoms with van der Waals surface area (Å²) in [6.45, 7) is 5.88. The molecule has 0 saturated heterocycles. The number of aliphatic hydroxyl groups excluding tert-OH is 1. The number of hydrogen-bond donors (Lipinski definition) is 4. The Kier molecular flexibility index (Phi) is 7.34. The maximum atomic E-state index is 12.6. The molecule has 0 radical (unpaired) electrons. The molecular weight excluding hydrogens is 502 g/mol. The van der Waals surface area contributed by atoms with Crippen LogP contribution < -0.4 is 16.8 Å². The first-order chi connectivity index (χ1) is 19.2. The number of fused-ring (bicyclic) bond motifs is 1. The molecule has 40 heavy (non-hydrogen) atoms. The highest BCUT2D eigenvalue weighted by Crippen LogP contribution is 2.32. The summed E-state index contributed by atoms with van der Waals surface area (Å²) in [7, 11) is 0. The van der Waals surface area contributed by atoms with Crippen LogP contribution in [0.25, 0.3) is 39.5 Å². The second-order valence-corrected chi connectivity index (χ2v) is 10.2. The predicted molar refractivity (Wildman–Crippen MR) is 158 cm³/mol. The summed E-state index contributed by atoms with van der Waals surface area (Å²) in [5.41, 5.74) is 18.2. The maximum absolute atomic E-state index is 12.6. The Morgan fingerprint density at radius 2 is 1.85 bits per heavy atom. The standard InChI is InChI=1S/C31H33N7O2/c1-4-31(3,33)22-10-12-23(13-11-22)38-28(24-9-6-16-34-27(24)32)37-26-15-14-25(36-29(26)38)20-7-5-8-21(17-20)30(40)35-18-19(2)39/h5-17,19,39H,4,18,33H2,1-3H3,(H2,32,34)(H,35,40). The highest BCUT2D eigenvalue weighted by atomic mass is 16.3. The van der Waals surface area contributed by atoms with Gasteiger partial charge in [-0.2, -0.15) is 0 Å². The number of hydrogen-bond acceptors (Lipinski definition) is 7. The van der Waals surface area contributed by atoms with Gasteiger partial charge < -0.3 is 21.9 Å². The van der Waals surface area contributed by atoms with Crippen molar-refractivity contribution in [2.45, 2.75) is 38.8 Å². The van der Waals surface area contributed by atoms with Crippen molar-refractivity contribution in [3.63, 3.8) is 0 Å². The van der Waals surface area contributed by atoms with Crippen LogP contribution in [0, 0.1) is 0 Å². The number of nitrogen functional groups attached to an aromatic ring is 1. The molecule has 2 unspecified atom stereocenters. The Morgan fingerprint density at radius 3 is 2.55 bits per heavy atom. The van der Waals surface area contributed by atoms with E-state index in [1.807, 2.05) is 72.2 Å². The number of rotatable bonds is 8. The number of benzene rings is 2. The van der Waals surface area contributed by atoms with E-state index >= 15 is 0 Å². The lowest BCUT2D eigenvalue weighted by Gasteiger charge is -2.23. The summed E-state index contributed by atoms with van der Waals surface area (Å²) in [5, 5.41) is 12.3. The van der Waals surface area contributed by atoms with Gasteiger partial charge in [-0.05, 0) is 74.4 Å². The summed E-state index contributed by atoms with van der Waals surface area (Å²) in [5.74, 6) is 0.727. The van der Waals surface area contributed by atoms with Crippen LogP contribution in [0.15, 0.2) is 79.0 Å². The Hall–Kier alpha value is -4.60. The van der Waals surface area contributed by atoms with Crippen LogP contribution >= 0.6 is 0 Å². The monoisotopic (exact) mass is 535 g/mol. The van der Waals surface area contributed by atoms with Gasteiger partial charge in [-0.3, -0.25) is 9.36 Å². The molecule has 3 aromatic heterocycles. The van der Waals surface area contributed by atoms with Gasteiger partial charge in [0.05, 0.1) is 17.4 Å². The number of nitrogens with two attached hydrogens (primary N) is 2. The molecule has 0 aliphatic rings. The van der Waals surface area contributed by atoms with E-state index in [9.17, 15) is 9.90 Å². The third kappa shape index (κ3) is 5.29. The van der Waals surface area contributed by atoms with Gasteiger partial charge in [0, 0.05) is 35.1 Å². The molecular formula is C31H33N7O2. The number of amides is 1. The SMILES string of the molecule is CCC(C)(N)c1ccc(-n2c(-c3cccnc3N)nc3ccc(-c4cccc(C(=O)NCC(C)O)c4)nc32)cc1. The van der Waals surface area contributed by atoms with Crippen LogP contribution in [0.2, 0.25) is 0 Å². The Bertz CT molecular complexity index is 1670.